The number of anilines is 1. The summed E-state index contributed by atoms with van der Waals surface area (Å²) in [6, 6.07) is 10.9. The van der Waals surface area contributed by atoms with E-state index < -0.39 is 0 Å². The lowest BCUT2D eigenvalue weighted by Crippen LogP contribution is -2.13. The standard InChI is InChI=1S/C14H14BrN/c1-9-8-16(2)13-7-6-10-11(14(9)13)4-3-5-12(10)15/h3-7,9H,8H2,1-2H3. The van der Waals surface area contributed by atoms with E-state index in [1.165, 1.54) is 26.5 Å². The molecule has 1 heterocycles. The molecule has 2 heteroatoms. The molecule has 1 aliphatic rings. The van der Waals surface area contributed by atoms with Gasteiger partial charge >= 0.3 is 0 Å². The van der Waals surface area contributed by atoms with E-state index in [4.69, 9.17) is 0 Å². The maximum atomic E-state index is 3.63. The number of nitrogens with zero attached hydrogens (tertiary/aromatic N) is 1. The molecule has 16 heavy (non-hydrogen) atoms. The van der Waals surface area contributed by atoms with Gasteiger partial charge in [-0.2, -0.15) is 0 Å². The van der Waals surface area contributed by atoms with Gasteiger partial charge in [-0.1, -0.05) is 41.1 Å². The van der Waals surface area contributed by atoms with Crippen molar-refractivity contribution in [2.24, 2.45) is 0 Å². The molecule has 3 rings (SSSR count). The summed E-state index contributed by atoms with van der Waals surface area (Å²) in [6.45, 7) is 3.43. The summed E-state index contributed by atoms with van der Waals surface area (Å²) in [5.74, 6) is 0.623. The molecule has 0 N–H and O–H groups in total. The molecule has 1 unspecified atom stereocenters. The predicted molar refractivity (Wildman–Crippen MR) is 73.3 cm³/mol. The van der Waals surface area contributed by atoms with Gasteiger partial charge in [-0.05, 0) is 28.5 Å². The van der Waals surface area contributed by atoms with Crippen LogP contribution in [0.3, 0.4) is 0 Å². The van der Waals surface area contributed by atoms with Gasteiger partial charge in [-0.15, -0.1) is 0 Å². The third-order valence-electron chi connectivity index (χ3n) is 3.48. The van der Waals surface area contributed by atoms with Crippen molar-refractivity contribution in [2.75, 3.05) is 18.5 Å². The van der Waals surface area contributed by atoms with Crippen LogP contribution in [0.15, 0.2) is 34.8 Å². The third kappa shape index (κ3) is 1.29. The third-order valence-corrected chi connectivity index (χ3v) is 4.17. The minimum absolute atomic E-state index is 0.623. The second-order valence-electron chi connectivity index (χ2n) is 4.61. The van der Waals surface area contributed by atoms with Crippen molar-refractivity contribution < 1.29 is 0 Å². The van der Waals surface area contributed by atoms with Gasteiger partial charge in [0.2, 0.25) is 0 Å². The van der Waals surface area contributed by atoms with Crippen LogP contribution in [-0.2, 0) is 0 Å². The normalized spacial score (nSPS) is 19.2. The van der Waals surface area contributed by atoms with Crippen LogP contribution >= 0.6 is 15.9 Å². The zero-order valence-corrected chi connectivity index (χ0v) is 11.1. The highest BCUT2D eigenvalue weighted by Crippen LogP contribution is 2.41. The molecule has 82 valence electrons. The van der Waals surface area contributed by atoms with Crippen molar-refractivity contribution in [3.63, 3.8) is 0 Å². The molecule has 0 bridgehead atoms. The summed E-state index contributed by atoms with van der Waals surface area (Å²) in [4.78, 5) is 2.35. The lowest BCUT2D eigenvalue weighted by Gasteiger charge is -2.12. The topological polar surface area (TPSA) is 3.24 Å². The van der Waals surface area contributed by atoms with E-state index >= 15 is 0 Å². The molecule has 0 aromatic heterocycles. The monoisotopic (exact) mass is 275 g/mol. The van der Waals surface area contributed by atoms with Crippen LogP contribution in [-0.4, -0.2) is 13.6 Å². The van der Waals surface area contributed by atoms with Crippen LogP contribution in [0.4, 0.5) is 5.69 Å². The maximum Gasteiger partial charge on any atom is 0.0406 e. The van der Waals surface area contributed by atoms with Crippen LogP contribution in [0.25, 0.3) is 10.8 Å². The molecule has 0 fully saturated rings. The largest absolute Gasteiger partial charge is 0.374 e. The molecule has 0 radical (unpaired) electrons. The van der Waals surface area contributed by atoms with E-state index in [0.717, 1.165) is 6.54 Å². The SMILES string of the molecule is CC1CN(C)c2ccc3c(Br)cccc3c21. The predicted octanol–water partition coefficient (Wildman–Crippen LogP) is 4.16. The van der Waals surface area contributed by atoms with E-state index in [1.807, 2.05) is 0 Å². The molecule has 0 spiro atoms. The quantitative estimate of drug-likeness (QED) is 0.698. The van der Waals surface area contributed by atoms with Gasteiger partial charge in [-0.25, -0.2) is 0 Å². The molecule has 2 aromatic carbocycles. The Morgan fingerprint density at radius 1 is 1.19 bits per heavy atom. The first-order chi connectivity index (χ1) is 7.68. The molecule has 1 aliphatic heterocycles. The van der Waals surface area contributed by atoms with Crippen LogP contribution in [0.1, 0.15) is 18.4 Å². The highest BCUT2D eigenvalue weighted by molar-refractivity contribution is 9.10. The lowest BCUT2D eigenvalue weighted by molar-refractivity contribution is 0.800. The number of hydrogen-bond donors (Lipinski definition) is 0. The first-order valence-electron chi connectivity index (χ1n) is 5.61. The summed E-state index contributed by atoms with van der Waals surface area (Å²) in [5.41, 5.74) is 2.89. The minimum Gasteiger partial charge on any atom is -0.374 e. The Hall–Kier alpha value is -1.02. The zero-order chi connectivity index (χ0) is 11.3. The van der Waals surface area contributed by atoms with Crippen molar-refractivity contribution in [1.82, 2.24) is 0 Å². The number of fused-ring (bicyclic) bond motifs is 3. The summed E-state index contributed by atoms with van der Waals surface area (Å²) < 4.78 is 1.19. The van der Waals surface area contributed by atoms with E-state index in [0.29, 0.717) is 5.92 Å². The van der Waals surface area contributed by atoms with Crippen LogP contribution in [0.5, 0.6) is 0 Å². The molecule has 0 saturated heterocycles. The number of likely N-dealkylation sites (N-methyl/N-ethyl adjacent to an activating group) is 1. The maximum absolute atomic E-state index is 3.63. The van der Waals surface area contributed by atoms with Crippen molar-refractivity contribution in [1.29, 1.82) is 0 Å². The average molecular weight is 276 g/mol. The number of benzene rings is 2. The molecule has 0 saturated carbocycles. The van der Waals surface area contributed by atoms with Gasteiger partial charge in [-0.3, -0.25) is 0 Å². The molecule has 1 atom stereocenters. The van der Waals surface area contributed by atoms with Gasteiger partial charge < -0.3 is 4.90 Å². The Morgan fingerprint density at radius 2 is 2.00 bits per heavy atom. The van der Waals surface area contributed by atoms with Crippen molar-refractivity contribution in [3.05, 3.63) is 40.4 Å². The summed E-state index contributed by atoms with van der Waals surface area (Å²) in [7, 11) is 2.17. The van der Waals surface area contributed by atoms with E-state index in [-0.39, 0.29) is 0 Å². The van der Waals surface area contributed by atoms with Gasteiger partial charge in [0.05, 0.1) is 0 Å². The zero-order valence-electron chi connectivity index (χ0n) is 9.50. The molecular formula is C14H14BrN. The van der Waals surface area contributed by atoms with Gasteiger partial charge in [0, 0.05) is 29.7 Å². The Kier molecular flexibility index (Phi) is 2.21. The fourth-order valence-electron chi connectivity index (χ4n) is 2.78. The van der Waals surface area contributed by atoms with Crippen molar-refractivity contribution >= 4 is 32.4 Å². The van der Waals surface area contributed by atoms with Gasteiger partial charge in [0.25, 0.3) is 0 Å². The van der Waals surface area contributed by atoms with E-state index in [2.05, 4.69) is 65.1 Å². The molecule has 2 aromatic rings. The fourth-order valence-corrected chi connectivity index (χ4v) is 3.28. The van der Waals surface area contributed by atoms with E-state index in [9.17, 15) is 0 Å². The summed E-state index contributed by atoms with van der Waals surface area (Å²) in [5, 5.41) is 2.71. The molecular weight excluding hydrogens is 262 g/mol. The second kappa shape index (κ2) is 3.49. The average Bonchev–Trinajstić information content (AvgIpc) is 2.55. The fraction of sp³-hybridized carbons (Fsp3) is 0.286. The first kappa shape index (κ1) is 10.2. The Bertz CT molecular complexity index is 562. The smallest absolute Gasteiger partial charge is 0.0406 e. The first-order valence-corrected chi connectivity index (χ1v) is 6.40. The Morgan fingerprint density at radius 3 is 2.81 bits per heavy atom. The number of rotatable bonds is 0. The van der Waals surface area contributed by atoms with Crippen molar-refractivity contribution in [2.45, 2.75) is 12.8 Å². The second-order valence-corrected chi connectivity index (χ2v) is 5.47. The Labute approximate surface area is 104 Å². The van der Waals surface area contributed by atoms with Crippen LogP contribution in [0, 0.1) is 0 Å². The molecule has 0 aliphatic carbocycles. The minimum atomic E-state index is 0.623. The number of halogens is 1. The van der Waals surface area contributed by atoms with E-state index in [1.54, 1.807) is 0 Å². The van der Waals surface area contributed by atoms with Gasteiger partial charge in [0.1, 0.15) is 0 Å². The highest BCUT2D eigenvalue weighted by Gasteiger charge is 2.24. The molecule has 1 nitrogen and oxygen atoms in total. The molecule has 0 amide bonds. The summed E-state index contributed by atoms with van der Waals surface area (Å²) >= 11 is 3.63. The lowest BCUT2D eigenvalue weighted by atomic mass is 9.96. The highest BCUT2D eigenvalue weighted by atomic mass is 79.9. The van der Waals surface area contributed by atoms with Gasteiger partial charge in [0.15, 0.2) is 0 Å². The van der Waals surface area contributed by atoms with Crippen LogP contribution in [0.2, 0.25) is 0 Å². The number of hydrogen-bond acceptors (Lipinski definition) is 1. The van der Waals surface area contributed by atoms with Crippen molar-refractivity contribution in [3.8, 4) is 0 Å². The summed E-state index contributed by atoms with van der Waals surface area (Å²) in [6.07, 6.45) is 0. The Balaban J connectivity index is 2.41. The van der Waals surface area contributed by atoms with Crippen LogP contribution < -0.4 is 4.90 Å².